The normalized spacial score (nSPS) is 14.6. The lowest BCUT2D eigenvalue weighted by Crippen LogP contribution is -2.47. The van der Waals surface area contributed by atoms with Gasteiger partial charge in [-0.25, -0.2) is 0 Å². The van der Waals surface area contributed by atoms with Gasteiger partial charge in [0.05, 0.1) is 19.9 Å². The molecule has 3 rings (SSSR count). The van der Waals surface area contributed by atoms with Gasteiger partial charge in [0.2, 0.25) is 5.91 Å². The van der Waals surface area contributed by atoms with Crippen molar-refractivity contribution in [3.63, 3.8) is 0 Å². The van der Waals surface area contributed by atoms with E-state index in [9.17, 15) is 4.79 Å². The molecule has 28 heavy (non-hydrogen) atoms. The summed E-state index contributed by atoms with van der Waals surface area (Å²) in [5.74, 6) is 1.82. The van der Waals surface area contributed by atoms with Crippen LogP contribution in [0, 0.1) is 0 Å². The van der Waals surface area contributed by atoms with Crippen molar-refractivity contribution in [3.8, 4) is 11.5 Å². The quantitative estimate of drug-likeness (QED) is 0.759. The van der Waals surface area contributed by atoms with Gasteiger partial charge in [-0.3, -0.25) is 9.69 Å². The van der Waals surface area contributed by atoms with Crippen LogP contribution < -0.4 is 19.7 Å². The third kappa shape index (κ3) is 5.39. The topological polar surface area (TPSA) is 54.0 Å². The number of rotatable bonds is 8. The zero-order chi connectivity index (χ0) is 19.8. The lowest BCUT2D eigenvalue weighted by molar-refractivity contribution is -0.121. The second kappa shape index (κ2) is 9.99. The molecule has 1 aliphatic heterocycles. The average molecular weight is 383 g/mol. The second-order valence-electron chi connectivity index (χ2n) is 6.88. The van der Waals surface area contributed by atoms with Crippen molar-refractivity contribution in [1.82, 2.24) is 10.2 Å². The Morgan fingerprint density at radius 1 is 0.964 bits per heavy atom. The van der Waals surface area contributed by atoms with Crippen LogP contribution in [0.1, 0.15) is 12.0 Å². The van der Waals surface area contributed by atoms with Crippen LogP contribution in [0.2, 0.25) is 0 Å². The molecule has 6 heteroatoms. The molecular formula is C22H29N3O3. The molecule has 6 nitrogen and oxygen atoms in total. The third-order valence-corrected chi connectivity index (χ3v) is 5.10. The van der Waals surface area contributed by atoms with Crippen LogP contribution >= 0.6 is 0 Å². The summed E-state index contributed by atoms with van der Waals surface area (Å²) in [7, 11) is 3.35. The van der Waals surface area contributed by atoms with E-state index >= 15 is 0 Å². The lowest BCUT2D eigenvalue weighted by Gasteiger charge is -2.36. The molecule has 1 N–H and O–H groups in total. The summed E-state index contributed by atoms with van der Waals surface area (Å²) in [6.07, 6.45) is 0.519. The number of carbonyl (C=O) groups excluding carboxylic acids is 1. The predicted molar refractivity (Wildman–Crippen MR) is 111 cm³/mol. The number of anilines is 1. The van der Waals surface area contributed by atoms with Crippen LogP contribution in [0.4, 0.5) is 5.69 Å². The molecular weight excluding hydrogens is 354 g/mol. The highest BCUT2D eigenvalue weighted by molar-refractivity contribution is 5.76. The Morgan fingerprint density at radius 3 is 2.36 bits per heavy atom. The minimum absolute atomic E-state index is 0.0861. The van der Waals surface area contributed by atoms with Crippen LogP contribution in [0.3, 0.4) is 0 Å². The maximum absolute atomic E-state index is 12.2. The summed E-state index contributed by atoms with van der Waals surface area (Å²) < 4.78 is 10.6. The van der Waals surface area contributed by atoms with Gasteiger partial charge in [0.15, 0.2) is 0 Å². The number of nitrogens with one attached hydrogen (secondary N) is 1. The molecule has 2 aromatic rings. The van der Waals surface area contributed by atoms with Gasteiger partial charge in [0.25, 0.3) is 0 Å². The van der Waals surface area contributed by atoms with Crippen LogP contribution in [-0.2, 0) is 11.3 Å². The first kappa shape index (κ1) is 20.0. The Kier molecular flexibility index (Phi) is 7.14. The number of ether oxygens (including phenoxy) is 2. The highest BCUT2D eigenvalue weighted by atomic mass is 16.5. The Balaban J connectivity index is 1.38. The van der Waals surface area contributed by atoms with E-state index < -0.39 is 0 Å². The van der Waals surface area contributed by atoms with Crippen molar-refractivity contribution in [3.05, 3.63) is 54.1 Å². The van der Waals surface area contributed by atoms with Gasteiger partial charge in [-0.1, -0.05) is 24.3 Å². The summed E-state index contributed by atoms with van der Waals surface area (Å²) in [6, 6.07) is 15.9. The first-order valence-corrected chi connectivity index (χ1v) is 9.69. The molecule has 1 aliphatic rings. The molecule has 2 aromatic carbocycles. The summed E-state index contributed by atoms with van der Waals surface area (Å²) in [5, 5.41) is 2.99. The number of hydrogen-bond donors (Lipinski definition) is 1. The van der Waals surface area contributed by atoms with Crippen LogP contribution in [0.25, 0.3) is 0 Å². The van der Waals surface area contributed by atoms with Gasteiger partial charge in [0.1, 0.15) is 11.5 Å². The minimum Gasteiger partial charge on any atom is -0.497 e. The van der Waals surface area contributed by atoms with Crippen molar-refractivity contribution in [2.45, 2.75) is 13.0 Å². The SMILES string of the molecule is COc1ccc(CNC(=O)CCN2CCN(c3ccccc3OC)CC2)cc1. The summed E-state index contributed by atoms with van der Waals surface area (Å²) in [5.41, 5.74) is 2.21. The van der Waals surface area contributed by atoms with Crippen molar-refractivity contribution >= 4 is 11.6 Å². The Morgan fingerprint density at radius 2 is 1.68 bits per heavy atom. The van der Waals surface area contributed by atoms with Crippen molar-refractivity contribution in [2.75, 3.05) is 51.8 Å². The lowest BCUT2D eigenvalue weighted by atomic mass is 10.2. The maximum atomic E-state index is 12.2. The molecule has 0 unspecified atom stereocenters. The first-order chi connectivity index (χ1) is 13.7. The molecule has 1 heterocycles. The third-order valence-electron chi connectivity index (χ3n) is 5.10. The summed E-state index contributed by atoms with van der Waals surface area (Å²) in [6.45, 7) is 5.11. The van der Waals surface area contributed by atoms with Crippen LogP contribution in [-0.4, -0.2) is 57.8 Å². The zero-order valence-corrected chi connectivity index (χ0v) is 16.7. The fraction of sp³-hybridized carbons (Fsp3) is 0.409. The minimum atomic E-state index is 0.0861. The van der Waals surface area contributed by atoms with Crippen LogP contribution in [0.15, 0.2) is 48.5 Å². The van der Waals surface area contributed by atoms with Gasteiger partial charge >= 0.3 is 0 Å². The fourth-order valence-electron chi connectivity index (χ4n) is 3.40. The van der Waals surface area contributed by atoms with E-state index in [1.807, 2.05) is 42.5 Å². The van der Waals surface area contributed by atoms with Crippen LogP contribution in [0.5, 0.6) is 11.5 Å². The maximum Gasteiger partial charge on any atom is 0.221 e. The molecule has 1 amide bonds. The molecule has 150 valence electrons. The highest BCUT2D eigenvalue weighted by Gasteiger charge is 2.19. The van der Waals surface area contributed by atoms with Gasteiger partial charge < -0.3 is 19.7 Å². The Bertz CT molecular complexity index is 756. The number of methoxy groups -OCH3 is 2. The van der Waals surface area contributed by atoms with E-state index in [2.05, 4.69) is 21.2 Å². The van der Waals surface area contributed by atoms with Crippen molar-refractivity contribution in [1.29, 1.82) is 0 Å². The van der Waals surface area contributed by atoms with E-state index in [0.29, 0.717) is 13.0 Å². The first-order valence-electron chi connectivity index (χ1n) is 9.69. The second-order valence-corrected chi connectivity index (χ2v) is 6.88. The molecule has 0 aromatic heterocycles. The van der Waals surface area contributed by atoms with Gasteiger partial charge in [-0.15, -0.1) is 0 Å². The summed E-state index contributed by atoms with van der Waals surface area (Å²) >= 11 is 0. The van der Waals surface area contributed by atoms with Gasteiger partial charge in [0, 0.05) is 45.7 Å². The zero-order valence-electron chi connectivity index (χ0n) is 16.7. The molecule has 1 fully saturated rings. The largest absolute Gasteiger partial charge is 0.497 e. The van der Waals surface area contributed by atoms with E-state index in [4.69, 9.17) is 9.47 Å². The standard InChI is InChI=1S/C22H29N3O3/c1-27-19-9-7-18(8-10-19)17-23-22(26)11-12-24-13-15-25(16-14-24)20-5-3-4-6-21(20)28-2/h3-10H,11-17H2,1-2H3,(H,23,26). The van der Waals surface area contributed by atoms with E-state index in [1.165, 1.54) is 0 Å². The monoisotopic (exact) mass is 383 g/mol. The fourth-order valence-corrected chi connectivity index (χ4v) is 3.40. The highest BCUT2D eigenvalue weighted by Crippen LogP contribution is 2.28. The molecule has 0 aliphatic carbocycles. The van der Waals surface area contributed by atoms with Gasteiger partial charge in [-0.05, 0) is 29.8 Å². The molecule has 0 radical (unpaired) electrons. The average Bonchev–Trinajstić information content (AvgIpc) is 2.77. The number of carbonyl (C=O) groups is 1. The molecule has 0 spiro atoms. The smallest absolute Gasteiger partial charge is 0.221 e. The number of amides is 1. The van der Waals surface area contributed by atoms with Gasteiger partial charge in [-0.2, -0.15) is 0 Å². The number of piperazine rings is 1. The van der Waals surface area contributed by atoms with E-state index in [-0.39, 0.29) is 5.91 Å². The number of para-hydroxylation sites is 2. The number of benzene rings is 2. The van der Waals surface area contributed by atoms with E-state index in [1.54, 1.807) is 14.2 Å². The Labute approximate surface area is 167 Å². The van der Waals surface area contributed by atoms with Crippen molar-refractivity contribution in [2.24, 2.45) is 0 Å². The predicted octanol–water partition coefficient (Wildman–Crippen LogP) is 2.53. The molecule has 0 bridgehead atoms. The van der Waals surface area contributed by atoms with Crippen molar-refractivity contribution < 1.29 is 14.3 Å². The summed E-state index contributed by atoms with van der Waals surface area (Å²) in [4.78, 5) is 16.9. The molecule has 0 saturated carbocycles. The molecule has 1 saturated heterocycles. The number of hydrogen-bond acceptors (Lipinski definition) is 5. The molecule has 0 atom stereocenters. The van der Waals surface area contributed by atoms with E-state index in [0.717, 1.165) is 55.5 Å². The number of nitrogens with zero attached hydrogens (tertiary/aromatic N) is 2. The Hall–Kier alpha value is -2.73.